The van der Waals surface area contributed by atoms with Crippen molar-refractivity contribution >= 4 is 11.9 Å². The number of hydrogen-bond donors (Lipinski definition) is 4. The predicted octanol–water partition coefficient (Wildman–Crippen LogP) is -0.920. The van der Waals surface area contributed by atoms with Gasteiger partial charge in [-0.25, -0.2) is 4.98 Å². The number of rotatable bonds is 6. The maximum absolute atomic E-state index is 10.7. The van der Waals surface area contributed by atoms with E-state index in [1.165, 1.54) is 12.5 Å². The number of nitrogens with zero attached hydrogens (tertiary/aromatic N) is 1. The number of hydrogen-bond acceptors (Lipinski definition) is 4. The molecule has 0 aliphatic rings. The molecule has 1 rings (SSSR count). The molecule has 1 aromatic rings. The maximum atomic E-state index is 10.7. The van der Waals surface area contributed by atoms with E-state index in [0.29, 0.717) is 5.69 Å². The number of aromatic nitrogens is 2. The number of nitrogens with one attached hydrogen (secondary N) is 2. The lowest BCUT2D eigenvalue weighted by Crippen LogP contribution is -2.41. The predicted molar refractivity (Wildman–Crippen MR) is 49.4 cm³/mol. The molecular weight excluding hydrogens is 202 g/mol. The molecular formula is C8H11N3O4. The number of carboxylic acids is 2. The van der Waals surface area contributed by atoms with Crippen LogP contribution in [0.15, 0.2) is 12.5 Å². The number of carbonyl (C=O) groups is 2. The second-order valence-corrected chi connectivity index (χ2v) is 2.95. The molecule has 1 unspecified atom stereocenters. The Morgan fingerprint density at radius 2 is 2.27 bits per heavy atom. The monoisotopic (exact) mass is 213 g/mol. The molecule has 1 heterocycles. The van der Waals surface area contributed by atoms with Gasteiger partial charge < -0.3 is 15.2 Å². The van der Waals surface area contributed by atoms with Crippen molar-refractivity contribution in [2.24, 2.45) is 0 Å². The second kappa shape index (κ2) is 5.11. The summed E-state index contributed by atoms with van der Waals surface area (Å²) in [5.41, 5.74) is 0.639. The van der Waals surface area contributed by atoms with Crippen LogP contribution in [-0.2, 0) is 16.0 Å². The molecule has 7 nitrogen and oxygen atoms in total. The Hall–Kier alpha value is -1.89. The minimum absolute atomic E-state index is 0.169. The summed E-state index contributed by atoms with van der Waals surface area (Å²) < 4.78 is 0. The van der Waals surface area contributed by atoms with E-state index in [9.17, 15) is 9.59 Å². The summed E-state index contributed by atoms with van der Waals surface area (Å²) in [6.45, 7) is -0.384. The van der Waals surface area contributed by atoms with Crippen LogP contribution in [0.3, 0.4) is 0 Å². The SMILES string of the molecule is O=C(O)CNC(Cc1cnc[nH]1)C(=O)O. The van der Waals surface area contributed by atoms with Gasteiger partial charge in [-0.3, -0.25) is 14.9 Å². The van der Waals surface area contributed by atoms with E-state index in [-0.39, 0.29) is 13.0 Å². The fourth-order valence-corrected chi connectivity index (χ4v) is 1.07. The zero-order valence-electron chi connectivity index (χ0n) is 7.80. The summed E-state index contributed by atoms with van der Waals surface area (Å²) in [6.07, 6.45) is 3.10. The van der Waals surface area contributed by atoms with Gasteiger partial charge in [0.25, 0.3) is 0 Å². The third-order valence-corrected chi connectivity index (χ3v) is 1.78. The molecule has 1 aromatic heterocycles. The van der Waals surface area contributed by atoms with E-state index < -0.39 is 18.0 Å². The number of carboxylic acid groups (broad SMARTS) is 2. The lowest BCUT2D eigenvalue weighted by Gasteiger charge is -2.11. The summed E-state index contributed by atoms with van der Waals surface area (Å²) in [6, 6.07) is -0.929. The molecule has 0 bridgehead atoms. The van der Waals surface area contributed by atoms with Gasteiger partial charge in [0.1, 0.15) is 6.04 Å². The van der Waals surface area contributed by atoms with Gasteiger partial charge in [-0.05, 0) is 0 Å². The zero-order valence-corrected chi connectivity index (χ0v) is 7.80. The molecule has 0 saturated carbocycles. The highest BCUT2D eigenvalue weighted by molar-refractivity contribution is 5.75. The molecule has 0 amide bonds. The minimum Gasteiger partial charge on any atom is -0.480 e. The number of imidazole rings is 1. The average Bonchev–Trinajstić information content (AvgIpc) is 2.63. The lowest BCUT2D eigenvalue weighted by molar-refractivity contribution is -0.140. The highest BCUT2D eigenvalue weighted by atomic mass is 16.4. The summed E-state index contributed by atoms with van der Waals surface area (Å²) in [5, 5.41) is 19.6. The first-order chi connectivity index (χ1) is 7.09. The average molecular weight is 213 g/mol. The first-order valence-corrected chi connectivity index (χ1v) is 4.25. The van der Waals surface area contributed by atoms with Gasteiger partial charge in [0, 0.05) is 18.3 Å². The molecule has 0 aliphatic heterocycles. The van der Waals surface area contributed by atoms with Crippen molar-refractivity contribution in [2.75, 3.05) is 6.54 Å². The van der Waals surface area contributed by atoms with E-state index in [2.05, 4.69) is 15.3 Å². The Kier molecular flexibility index (Phi) is 3.81. The zero-order chi connectivity index (χ0) is 11.3. The summed E-state index contributed by atoms with van der Waals surface area (Å²) in [4.78, 5) is 27.5. The third kappa shape index (κ3) is 3.77. The quantitative estimate of drug-likeness (QED) is 0.485. The van der Waals surface area contributed by atoms with Gasteiger partial charge in [-0.1, -0.05) is 0 Å². The Morgan fingerprint density at radius 3 is 2.73 bits per heavy atom. The smallest absolute Gasteiger partial charge is 0.321 e. The van der Waals surface area contributed by atoms with E-state index in [1.54, 1.807) is 0 Å². The van der Waals surface area contributed by atoms with Crippen molar-refractivity contribution in [2.45, 2.75) is 12.5 Å². The molecule has 7 heteroatoms. The van der Waals surface area contributed by atoms with Crippen LogP contribution in [0.1, 0.15) is 5.69 Å². The number of aliphatic carboxylic acids is 2. The van der Waals surface area contributed by atoms with E-state index in [0.717, 1.165) is 0 Å². The van der Waals surface area contributed by atoms with Crippen molar-refractivity contribution < 1.29 is 19.8 Å². The van der Waals surface area contributed by atoms with Crippen LogP contribution in [0.2, 0.25) is 0 Å². The number of H-pyrrole nitrogens is 1. The maximum Gasteiger partial charge on any atom is 0.321 e. The normalized spacial score (nSPS) is 12.3. The fourth-order valence-electron chi connectivity index (χ4n) is 1.07. The minimum atomic E-state index is -1.09. The van der Waals surface area contributed by atoms with Gasteiger partial charge >= 0.3 is 11.9 Å². The Morgan fingerprint density at radius 1 is 1.53 bits per heavy atom. The first kappa shape index (κ1) is 11.2. The fraction of sp³-hybridized carbons (Fsp3) is 0.375. The highest BCUT2D eigenvalue weighted by Gasteiger charge is 2.18. The van der Waals surface area contributed by atoms with E-state index in [1.807, 2.05) is 0 Å². The van der Waals surface area contributed by atoms with Gasteiger partial charge in [-0.2, -0.15) is 0 Å². The van der Waals surface area contributed by atoms with Crippen LogP contribution in [0.25, 0.3) is 0 Å². The van der Waals surface area contributed by atoms with Crippen LogP contribution >= 0.6 is 0 Å². The molecule has 4 N–H and O–H groups in total. The Bertz CT molecular complexity index is 336. The lowest BCUT2D eigenvalue weighted by atomic mass is 10.1. The second-order valence-electron chi connectivity index (χ2n) is 2.95. The summed E-state index contributed by atoms with van der Waals surface area (Å²) in [7, 11) is 0. The highest BCUT2D eigenvalue weighted by Crippen LogP contribution is 1.98. The van der Waals surface area contributed by atoms with Crippen LogP contribution in [-0.4, -0.2) is 44.7 Å². The molecule has 82 valence electrons. The topological polar surface area (TPSA) is 115 Å². The molecule has 0 fully saturated rings. The van der Waals surface area contributed by atoms with Crippen molar-refractivity contribution in [1.82, 2.24) is 15.3 Å². The van der Waals surface area contributed by atoms with Gasteiger partial charge in [-0.15, -0.1) is 0 Å². The van der Waals surface area contributed by atoms with Gasteiger partial charge in [0.2, 0.25) is 0 Å². The molecule has 0 spiro atoms. The van der Waals surface area contributed by atoms with Crippen molar-refractivity contribution in [3.8, 4) is 0 Å². The van der Waals surface area contributed by atoms with Gasteiger partial charge in [0.05, 0.1) is 12.9 Å². The van der Waals surface area contributed by atoms with Crippen molar-refractivity contribution in [1.29, 1.82) is 0 Å². The number of aromatic amines is 1. The standard InChI is InChI=1S/C8H11N3O4/c12-7(13)3-10-6(8(14)15)1-5-2-9-4-11-5/h2,4,6,10H,1,3H2,(H,9,11)(H,12,13)(H,14,15). The van der Waals surface area contributed by atoms with E-state index >= 15 is 0 Å². The third-order valence-electron chi connectivity index (χ3n) is 1.78. The van der Waals surface area contributed by atoms with E-state index in [4.69, 9.17) is 10.2 Å². The van der Waals surface area contributed by atoms with Crippen LogP contribution < -0.4 is 5.32 Å². The molecule has 1 atom stereocenters. The molecule has 0 radical (unpaired) electrons. The van der Waals surface area contributed by atoms with Crippen molar-refractivity contribution in [3.05, 3.63) is 18.2 Å². The Labute approximate surface area is 85.1 Å². The summed E-state index contributed by atoms with van der Waals surface area (Å²) in [5.74, 6) is -2.18. The van der Waals surface area contributed by atoms with Crippen LogP contribution in [0, 0.1) is 0 Å². The van der Waals surface area contributed by atoms with Crippen LogP contribution in [0.4, 0.5) is 0 Å². The molecule has 0 saturated heterocycles. The molecule has 15 heavy (non-hydrogen) atoms. The van der Waals surface area contributed by atoms with Crippen molar-refractivity contribution in [3.63, 3.8) is 0 Å². The Balaban J connectivity index is 2.51. The summed E-state index contributed by atoms with van der Waals surface area (Å²) >= 11 is 0. The molecule has 0 aromatic carbocycles. The first-order valence-electron chi connectivity index (χ1n) is 4.25. The molecule has 0 aliphatic carbocycles. The largest absolute Gasteiger partial charge is 0.480 e. The van der Waals surface area contributed by atoms with Crippen LogP contribution in [0.5, 0.6) is 0 Å². The van der Waals surface area contributed by atoms with Gasteiger partial charge in [0.15, 0.2) is 0 Å².